The van der Waals surface area contributed by atoms with Crippen molar-refractivity contribution in [1.82, 2.24) is 10.2 Å². The molecule has 6 nitrogen and oxygen atoms in total. The van der Waals surface area contributed by atoms with Gasteiger partial charge in [0, 0.05) is 19.0 Å². The number of ether oxygens (including phenoxy) is 2. The van der Waals surface area contributed by atoms with Crippen molar-refractivity contribution in [2.75, 3.05) is 19.8 Å². The molecule has 2 unspecified atom stereocenters. The minimum Gasteiger partial charge on any atom is -0.486 e. The summed E-state index contributed by atoms with van der Waals surface area (Å²) in [6.45, 7) is 7.59. The van der Waals surface area contributed by atoms with Gasteiger partial charge in [-0.3, -0.25) is 9.59 Å². The van der Waals surface area contributed by atoms with Gasteiger partial charge in [0.25, 0.3) is 0 Å². The highest BCUT2D eigenvalue weighted by atomic mass is 16.6. The molecule has 0 fully saturated rings. The Bertz CT molecular complexity index is 916. The van der Waals surface area contributed by atoms with Crippen LogP contribution in [0.25, 0.3) is 0 Å². The molecule has 0 aliphatic carbocycles. The van der Waals surface area contributed by atoms with Crippen LogP contribution in [-0.4, -0.2) is 48.6 Å². The van der Waals surface area contributed by atoms with Gasteiger partial charge in [-0.1, -0.05) is 50.2 Å². The number of aryl methyl sites for hydroxylation is 1. The lowest BCUT2D eigenvalue weighted by Crippen LogP contribution is -2.51. The molecule has 3 rings (SSSR count). The second kappa shape index (κ2) is 12.3. The van der Waals surface area contributed by atoms with E-state index in [1.165, 1.54) is 0 Å². The zero-order valence-corrected chi connectivity index (χ0v) is 20.0. The Morgan fingerprint density at radius 1 is 0.939 bits per heavy atom. The molecule has 0 spiro atoms. The van der Waals surface area contributed by atoms with E-state index in [9.17, 15) is 9.59 Å². The number of hydrogen-bond acceptors (Lipinski definition) is 4. The van der Waals surface area contributed by atoms with Gasteiger partial charge in [-0.25, -0.2) is 0 Å². The van der Waals surface area contributed by atoms with Crippen molar-refractivity contribution >= 4 is 11.8 Å². The number of rotatable bonds is 11. The number of hydrogen-bond donors (Lipinski definition) is 1. The van der Waals surface area contributed by atoms with Crippen LogP contribution in [-0.2, 0) is 22.4 Å². The largest absolute Gasteiger partial charge is 0.486 e. The van der Waals surface area contributed by atoms with Crippen molar-refractivity contribution in [2.24, 2.45) is 0 Å². The van der Waals surface area contributed by atoms with Crippen molar-refractivity contribution in [2.45, 2.75) is 65.0 Å². The summed E-state index contributed by atoms with van der Waals surface area (Å²) in [4.78, 5) is 28.1. The summed E-state index contributed by atoms with van der Waals surface area (Å²) >= 11 is 0. The smallest absolute Gasteiger partial charge is 0.243 e. The van der Waals surface area contributed by atoms with Crippen LogP contribution >= 0.6 is 0 Å². The predicted octanol–water partition coefficient (Wildman–Crippen LogP) is 4.16. The average Bonchev–Trinajstić information content (AvgIpc) is 2.85. The molecular formula is C27H36N2O4. The third-order valence-corrected chi connectivity index (χ3v) is 6.11. The van der Waals surface area contributed by atoms with Gasteiger partial charge in [-0.15, -0.1) is 0 Å². The number of nitrogens with zero attached hydrogens (tertiary/aromatic N) is 1. The van der Waals surface area contributed by atoms with Crippen LogP contribution < -0.4 is 14.8 Å². The van der Waals surface area contributed by atoms with E-state index < -0.39 is 6.04 Å². The zero-order chi connectivity index (χ0) is 23.6. The van der Waals surface area contributed by atoms with E-state index in [4.69, 9.17) is 9.47 Å². The van der Waals surface area contributed by atoms with E-state index in [2.05, 4.69) is 17.4 Å². The maximum absolute atomic E-state index is 13.4. The molecule has 1 aliphatic rings. The summed E-state index contributed by atoms with van der Waals surface area (Å²) in [5, 5.41) is 3.06. The monoisotopic (exact) mass is 452 g/mol. The molecule has 1 heterocycles. The standard InChI is InChI=1S/C27H36N2O4/c1-4-20(3)28-27(31)23(5-2)29(16-15-21-9-7-6-8-10-21)26(30)14-12-22-11-13-24-25(19-22)33-18-17-32-24/h6-11,13,19-20,23H,4-5,12,14-18H2,1-3H3,(H,28,31). The maximum Gasteiger partial charge on any atom is 0.243 e. The van der Waals surface area contributed by atoms with Crippen LogP contribution in [0.3, 0.4) is 0 Å². The van der Waals surface area contributed by atoms with Crippen molar-refractivity contribution in [1.29, 1.82) is 0 Å². The summed E-state index contributed by atoms with van der Waals surface area (Å²) in [5.41, 5.74) is 2.17. The highest BCUT2D eigenvalue weighted by Gasteiger charge is 2.28. The maximum atomic E-state index is 13.4. The van der Waals surface area contributed by atoms with Gasteiger partial charge in [0.2, 0.25) is 11.8 Å². The second-order valence-corrected chi connectivity index (χ2v) is 8.54. The number of amides is 2. The molecule has 0 saturated carbocycles. The quantitative estimate of drug-likeness (QED) is 0.556. The number of nitrogens with one attached hydrogen (secondary N) is 1. The van der Waals surface area contributed by atoms with Crippen molar-refractivity contribution in [3.8, 4) is 11.5 Å². The van der Waals surface area contributed by atoms with Gasteiger partial charge in [0.1, 0.15) is 19.3 Å². The number of fused-ring (bicyclic) bond motifs is 1. The first-order valence-corrected chi connectivity index (χ1v) is 12.0. The molecule has 1 N–H and O–H groups in total. The van der Waals surface area contributed by atoms with E-state index in [0.717, 1.165) is 29.0 Å². The Balaban J connectivity index is 1.70. The topological polar surface area (TPSA) is 67.9 Å². The number of benzene rings is 2. The molecule has 2 amide bonds. The Morgan fingerprint density at radius 2 is 1.67 bits per heavy atom. The molecule has 2 aromatic rings. The van der Waals surface area contributed by atoms with E-state index in [1.807, 2.05) is 57.2 Å². The Kier molecular flexibility index (Phi) is 9.16. The summed E-state index contributed by atoms with van der Waals surface area (Å²) in [5.74, 6) is 1.39. The third-order valence-electron chi connectivity index (χ3n) is 6.11. The molecule has 0 bridgehead atoms. The Hall–Kier alpha value is -3.02. The second-order valence-electron chi connectivity index (χ2n) is 8.54. The molecule has 2 aromatic carbocycles. The highest BCUT2D eigenvalue weighted by molar-refractivity contribution is 5.88. The summed E-state index contributed by atoms with van der Waals surface area (Å²) in [7, 11) is 0. The number of carbonyl (C=O) groups is 2. The van der Waals surface area contributed by atoms with Crippen molar-refractivity contribution < 1.29 is 19.1 Å². The minimum atomic E-state index is -0.476. The Labute approximate surface area is 197 Å². The fourth-order valence-electron chi connectivity index (χ4n) is 3.98. The summed E-state index contributed by atoms with van der Waals surface area (Å²) in [6, 6.07) is 15.5. The molecule has 6 heteroatoms. The Morgan fingerprint density at radius 3 is 2.36 bits per heavy atom. The molecule has 33 heavy (non-hydrogen) atoms. The van der Waals surface area contributed by atoms with Gasteiger partial charge in [0.05, 0.1) is 0 Å². The van der Waals surface area contributed by atoms with Crippen LogP contribution in [0.4, 0.5) is 0 Å². The van der Waals surface area contributed by atoms with Gasteiger partial charge in [-0.05, 0) is 55.9 Å². The molecule has 0 aromatic heterocycles. The van der Waals surface area contributed by atoms with Crippen LogP contribution in [0.5, 0.6) is 11.5 Å². The van der Waals surface area contributed by atoms with E-state index >= 15 is 0 Å². The molecule has 0 saturated heterocycles. The predicted molar refractivity (Wildman–Crippen MR) is 130 cm³/mol. The summed E-state index contributed by atoms with van der Waals surface area (Å²) < 4.78 is 11.3. The third kappa shape index (κ3) is 6.98. The fraction of sp³-hybridized carbons (Fsp3) is 0.481. The molecule has 2 atom stereocenters. The molecule has 1 aliphatic heterocycles. The van der Waals surface area contributed by atoms with E-state index in [0.29, 0.717) is 45.4 Å². The van der Waals surface area contributed by atoms with E-state index in [1.54, 1.807) is 4.90 Å². The van der Waals surface area contributed by atoms with Crippen LogP contribution in [0.1, 0.15) is 51.2 Å². The summed E-state index contributed by atoms with van der Waals surface area (Å²) in [6.07, 6.45) is 3.06. The fourth-order valence-corrected chi connectivity index (χ4v) is 3.98. The first-order valence-electron chi connectivity index (χ1n) is 12.0. The minimum absolute atomic E-state index is 0.00743. The van der Waals surface area contributed by atoms with Gasteiger partial charge in [-0.2, -0.15) is 0 Å². The SMILES string of the molecule is CCC(C)NC(=O)C(CC)N(CCc1ccccc1)C(=O)CCc1ccc2c(c1)OCCO2. The lowest BCUT2D eigenvalue weighted by Gasteiger charge is -2.31. The van der Waals surface area contributed by atoms with Gasteiger partial charge in [0.15, 0.2) is 11.5 Å². The van der Waals surface area contributed by atoms with E-state index in [-0.39, 0.29) is 17.9 Å². The first-order chi connectivity index (χ1) is 16.0. The first kappa shape index (κ1) is 24.6. The molecule has 178 valence electrons. The normalized spacial score (nSPS) is 14.3. The van der Waals surface area contributed by atoms with Gasteiger partial charge < -0.3 is 19.7 Å². The number of carbonyl (C=O) groups excluding carboxylic acids is 2. The van der Waals surface area contributed by atoms with Crippen molar-refractivity contribution in [3.63, 3.8) is 0 Å². The lowest BCUT2D eigenvalue weighted by molar-refractivity contribution is -0.141. The average molecular weight is 453 g/mol. The van der Waals surface area contributed by atoms with Gasteiger partial charge >= 0.3 is 0 Å². The van der Waals surface area contributed by atoms with Crippen LogP contribution in [0.15, 0.2) is 48.5 Å². The molecular weight excluding hydrogens is 416 g/mol. The lowest BCUT2D eigenvalue weighted by atomic mass is 10.0. The highest BCUT2D eigenvalue weighted by Crippen LogP contribution is 2.31. The zero-order valence-electron chi connectivity index (χ0n) is 20.0. The van der Waals surface area contributed by atoms with Crippen molar-refractivity contribution in [3.05, 3.63) is 59.7 Å². The van der Waals surface area contributed by atoms with Crippen LogP contribution in [0, 0.1) is 0 Å². The molecule has 0 radical (unpaired) electrons. The van der Waals surface area contributed by atoms with Crippen LogP contribution in [0.2, 0.25) is 0 Å².